The number of rotatable bonds is 4. The van der Waals surface area contributed by atoms with Gasteiger partial charge in [-0.15, -0.1) is 0 Å². The van der Waals surface area contributed by atoms with Gasteiger partial charge >= 0.3 is 0 Å². The first-order chi connectivity index (χ1) is 9.11. The second-order valence-corrected chi connectivity index (χ2v) is 5.31. The predicted molar refractivity (Wildman–Crippen MR) is 80.7 cm³/mol. The lowest BCUT2D eigenvalue weighted by molar-refractivity contribution is 0.220. The molecule has 1 N–H and O–H groups in total. The zero-order chi connectivity index (χ0) is 13.8. The first kappa shape index (κ1) is 14.1. The van der Waals surface area contributed by atoms with Gasteiger partial charge in [-0.1, -0.05) is 61.3 Å². The normalized spacial score (nSPS) is 12.4. The van der Waals surface area contributed by atoms with Crippen LogP contribution in [0.25, 0.3) is 0 Å². The lowest BCUT2D eigenvalue weighted by atomic mass is 9.97. The SMILES string of the molecule is CCCc1cccc(C(O)c2ccc(Cl)c(C)c2)c1. The van der Waals surface area contributed by atoms with E-state index >= 15 is 0 Å². The van der Waals surface area contributed by atoms with Crippen LogP contribution in [-0.4, -0.2) is 5.11 Å². The van der Waals surface area contributed by atoms with Crippen LogP contribution < -0.4 is 0 Å². The molecule has 0 fully saturated rings. The molecule has 2 rings (SSSR count). The maximum absolute atomic E-state index is 10.5. The van der Waals surface area contributed by atoms with Crippen LogP contribution in [0.1, 0.15) is 41.7 Å². The third kappa shape index (κ3) is 3.37. The number of benzene rings is 2. The van der Waals surface area contributed by atoms with Gasteiger partial charge in [0, 0.05) is 5.02 Å². The molecule has 0 saturated heterocycles. The average Bonchev–Trinajstić information content (AvgIpc) is 2.42. The van der Waals surface area contributed by atoms with Crippen LogP contribution in [-0.2, 0) is 6.42 Å². The summed E-state index contributed by atoms with van der Waals surface area (Å²) in [5.74, 6) is 0. The summed E-state index contributed by atoms with van der Waals surface area (Å²) in [4.78, 5) is 0. The van der Waals surface area contributed by atoms with E-state index in [1.165, 1.54) is 5.56 Å². The van der Waals surface area contributed by atoms with Gasteiger partial charge in [0.05, 0.1) is 0 Å². The largest absolute Gasteiger partial charge is 0.384 e. The molecule has 0 heterocycles. The lowest BCUT2D eigenvalue weighted by Gasteiger charge is -2.14. The van der Waals surface area contributed by atoms with Crippen LogP contribution in [0.5, 0.6) is 0 Å². The van der Waals surface area contributed by atoms with Crippen molar-refractivity contribution in [2.45, 2.75) is 32.8 Å². The van der Waals surface area contributed by atoms with Crippen LogP contribution in [0.2, 0.25) is 5.02 Å². The summed E-state index contributed by atoms with van der Waals surface area (Å²) in [6.45, 7) is 4.11. The number of hydrogen-bond donors (Lipinski definition) is 1. The van der Waals surface area contributed by atoms with Crippen molar-refractivity contribution in [3.05, 3.63) is 69.7 Å². The van der Waals surface area contributed by atoms with Crippen LogP contribution in [0.3, 0.4) is 0 Å². The Kier molecular flexibility index (Phi) is 4.62. The topological polar surface area (TPSA) is 20.2 Å². The van der Waals surface area contributed by atoms with E-state index in [4.69, 9.17) is 11.6 Å². The smallest absolute Gasteiger partial charge is 0.104 e. The zero-order valence-electron chi connectivity index (χ0n) is 11.4. The van der Waals surface area contributed by atoms with Gasteiger partial charge in [-0.2, -0.15) is 0 Å². The van der Waals surface area contributed by atoms with Crippen molar-refractivity contribution in [1.82, 2.24) is 0 Å². The van der Waals surface area contributed by atoms with Crippen LogP contribution in [0.4, 0.5) is 0 Å². The summed E-state index contributed by atoms with van der Waals surface area (Å²) < 4.78 is 0. The molecule has 2 aromatic carbocycles. The molecule has 0 aliphatic carbocycles. The Hall–Kier alpha value is -1.31. The summed E-state index contributed by atoms with van der Waals surface area (Å²) in [6.07, 6.45) is 1.56. The number of aryl methyl sites for hydroxylation is 2. The minimum absolute atomic E-state index is 0.590. The average molecular weight is 275 g/mol. The van der Waals surface area contributed by atoms with Crippen molar-refractivity contribution < 1.29 is 5.11 Å². The van der Waals surface area contributed by atoms with Gasteiger partial charge in [-0.3, -0.25) is 0 Å². The van der Waals surface area contributed by atoms with Crippen LogP contribution in [0.15, 0.2) is 42.5 Å². The number of hydrogen-bond acceptors (Lipinski definition) is 1. The Morgan fingerprint density at radius 1 is 1.11 bits per heavy atom. The zero-order valence-corrected chi connectivity index (χ0v) is 12.1. The molecule has 0 spiro atoms. The summed E-state index contributed by atoms with van der Waals surface area (Å²) in [5.41, 5.74) is 4.08. The van der Waals surface area contributed by atoms with Gasteiger partial charge < -0.3 is 5.11 Å². The number of halogens is 1. The van der Waals surface area contributed by atoms with Gasteiger partial charge in [0.15, 0.2) is 0 Å². The highest BCUT2D eigenvalue weighted by molar-refractivity contribution is 6.31. The van der Waals surface area contributed by atoms with Gasteiger partial charge in [0.1, 0.15) is 6.10 Å². The Labute approximate surface area is 119 Å². The third-order valence-corrected chi connectivity index (χ3v) is 3.73. The van der Waals surface area contributed by atoms with E-state index in [2.05, 4.69) is 19.1 Å². The van der Waals surface area contributed by atoms with Crippen molar-refractivity contribution in [2.24, 2.45) is 0 Å². The monoisotopic (exact) mass is 274 g/mol. The fraction of sp³-hybridized carbons (Fsp3) is 0.294. The second kappa shape index (κ2) is 6.23. The maximum atomic E-state index is 10.5. The van der Waals surface area contributed by atoms with Crippen LogP contribution in [0, 0.1) is 6.92 Å². The molecule has 0 saturated carbocycles. The Morgan fingerprint density at radius 3 is 2.53 bits per heavy atom. The first-order valence-electron chi connectivity index (χ1n) is 6.64. The van der Waals surface area contributed by atoms with E-state index in [9.17, 15) is 5.11 Å². The molecule has 1 unspecified atom stereocenters. The van der Waals surface area contributed by atoms with Crippen molar-refractivity contribution >= 4 is 11.6 Å². The highest BCUT2D eigenvalue weighted by atomic mass is 35.5. The van der Waals surface area contributed by atoms with Gasteiger partial charge in [0.2, 0.25) is 0 Å². The highest BCUT2D eigenvalue weighted by Gasteiger charge is 2.11. The summed E-state index contributed by atoms with van der Waals surface area (Å²) in [6, 6.07) is 13.8. The molecule has 2 heteroatoms. The number of aliphatic hydroxyl groups excluding tert-OH is 1. The van der Waals surface area contributed by atoms with E-state index in [-0.39, 0.29) is 0 Å². The van der Waals surface area contributed by atoms with Crippen molar-refractivity contribution in [2.75, 3.05) is 0 Å². The Bertz CT molecular complexity index is 563. The molecule has 2 aromatic rings. The molecule has 100 valence electrons. The minimum Gasteiger partial charge on any atom is -0.384 e. The summed E-state index contributed by atoms with van der Waals surface area (Å²) in [7, 11) is 0. The van der Waals surface area contributed by atoms with Gasteiger partial charge in [-0.25, -0.2) is 0 Å². The molecule has 0 aliphatic rings. The van der Waals surface area contributed by atoms with E-state index in [1.807, 2.05) is 37.3 Å². The van der Waals surface area contributed by atoms with Crippen molar-refractivity contribution in [1.29, 1.82) is 0 Å². The molecule has 0 amide bonds. The lowest BCUT2D eigenvalue weighted by Crippen LogP contribution is -2.01. The second-order valence-electron chi connectivity index (χ2n) is 4.91. The minimum atomic E-state index is -0.590. The summed E-state index contributed by atoms with van der Waals surface area (Å²) in [5, 5.41) is 11.2. The molecule has 0 bridgehead atoms. The molecular formula is C17H19ClO. The van der Waals surface area contributed by atoms with E-state index in [1.54, 1.807) is 0 Å². The van der Waals surface area contributed by atoms with Gasteiger partial charge in [0.25, 0.3) is 0 Å². The maximum Gasteiger partial charge on any atom is 0.104 e. The molecular weight excluding hydrogens is 256 g/mol. The Balaban J connectivity index is 2.29. The fourth-order valence-electron chi connectivity index (χ4n) is 2.24. The molecule has 0 radical (unpaired) electrons. The molecule has 0 aromatic heterocycles. The van der Waals surface area contributed by atoms with Crippen LogP contribution >= 0.6 is 11.6 Å². The quantitative estimate of drug-likeness (QED) is 0.858. The fourth-order valence-corrected chi connectivity index (χ4v) is 2.36. The predicted octanol–water partition coefficient (Wildman–Crippen LogP) is 4.68. The first-order valence-corrected chi connectivity index (χ1v) is 7.02. The molecule has 1 nitrogen and oxygen atoms in total. The summed E-state index contributed by atoms with van der Waals surface area (Å²) >= 11 is 6.02. The van der Waals surface area contributed by atoms with Gasteiger partial charge in [-0.05, 0) is 41.7 Å². The Morgan fingerprint density at radius 2 is 1.84 bits per heavy atom. The standard InChI is InChI=1S/C17H19ClO/c1-3-5-13-6-4-7-14(11-13)17(19)15-8-9-16(18)12(2)10-15/h4,6-11,17,19H,3,5H2,1-2H3. The van der Waals surface area contributed by atoms with Crippen molar-refractivity contribution in [3.8, 4) is 0 Å². The molecule has 0 aliphatic heterocycles. The van der Waals surface area contributed by atoms with E-state index in [0.717, 1.165) is 34.6 Å². The number of aliphatic hydroxyl groups is 1. The van der Waals surface area contributed by atoms with Crippen molar-refractivity contribution in [3.63, 3.8) is 0 Å². The molecule has 1 atom stereocenters. The van der Waals surface area contributed by atoms with E-state index < -0.39 is 6.10 Å². The third-order valence-electron chi connectivity index (χ3n) is 3.30. The molecule has 19 heavy (non-hydrogen) atoms. The highest BCUT2D eigenvalue weighted by Crippen LogP contribution is 2.26. The van der Waals surface area contributed by atoms with E-state index in [0.29, 0.717) is 0 Å².